The van der Waals surface area contributed by atoms with Crippen molar-refractivity contribution in [2.45, 2.75) is 73.1 Å². The molecule has 0 fully saturated rings. The summed E-state index contributed by atoms with van der Waals surface area (Å²) in [6.07, 6.45) is 4.21. The molecule has 0 spiro atoms. The summed E-state index contributed by atoms with van der Waals surface area (Å²) in [7, 11) is 0. The van der Waals surface area contributed by atoms with Gasteiger partial charge < -0.3 is 19.3 Å². The van der Waals surface area contributed by atoms with Crippen molar-refractivity contribution in [2.24, 2.45) is 5.41 Å². The molecule has 2 aromatic heterocycles. The van der Waals surface area contributed by atoms with E-state index in [1.54, 1.807) is 0 Å². The van der Waals surface area contributed by atoms with Crippen LogP contribution in [0.5, 0.6) is 0 Å². The van der Waals surface area contributed by atoms with Crippen LogP contribution in [0.4, 0.5) is 28.4 Å². The first-order chi connectivity index (χ1) is 29.1. The van der Waals surface area contributed by atoms with E-state index in [0.29, 0.717) is 0 Å². The number of anilines is 5. The summed E-state index contributed by atoms with van der Waals surface area (Å²) < 4.78 is 2.26. The van der Waals surface area contributed by atoms with Crippen LogP contribution in [0.15, 0.2) is 164 Å². The Balaban J connectivity index is 0.00000529. The monoisotopic (exact) mass is 991 g/mol. The fraction of sp³-hybridized carbons (Fsp3) is 0.214. The fourth-order valence-electron chi connectivity index (χ4n) is 8.25. The number of hydrogen-bond donors (Lipinski definition) is 0. The molecule has 5 nitrogen and oxygen atoms in total. The van der Waals surface area contributed by atoms with Gasteiger partial charge in [0.25, 0.3) is 0 Å². The van der Waals surface area contributed by atoms with Gasteiger partial charge in [-0.15, -0.1) is 48.1 Å². The number of hydrogen-bond acceptors (Lipinski definition) is 4. The van der Waals surface area contributed by atoms with Crippen LogP contribution in [0, 0.1) is 24.2 Å². The van der Waals surface area contributed by atoms with E-state index in [4.69, 9.17) is 4.98 Å². The molecule has 6 heteroatoms. The average Bonchev–Trinajstić information content (AvgIpc) is 3.85. The molecule has 0 bridgehead atoms. The number of allylic oxidation sites excluding steroid dienone is 1. The van der Waals surface area contributed by atoms with Gasteiger partial charge in [0, 0.05) is 55.3 Å². The molecule has 316 valence electrons. The molecule has 1 aliphatic rings. The summed E-state index contributed by atoms with van der Waals surface area (Å²) in [5.74, 6) is 0.881. The summed E-state index contributed by atoms with van der Waals surface area (Å²) in [5, 5.41) is 2.30. The van der Waals surface area contributed by atoms with Crippen LogP contribution in [0.2, 0.25) is 0 Å². The maximum atomic E-state index is 4.94. The molecule has 6 aromatic carbocycles. The van der Waals surface area contributed by atoms with Crippen LogP contribution in [-0.4, -0.2) is 9.55 Å². The van der Waals surface area contributed by atoms with Gasteiger partial charge in [0.15, 0.2) is 0 Å². The summed E-state index contributed by atoms with van der Waals surface area (Å²) in [6.45, 7) is 22.6. The Labute approximate surface area is 382 Å². The molecule has 0 amide bonds. The molecule has 9 rings (SSSR count). The molecule has 8 aromatic rings. The molecule has 0 atom stereocenters. The third-order valence-electron chi connectivity index (χ3n) is 11.6. The first-order valence-corrected chi connectivity index (χ1v) is 21.3. The van der Waals surface area contributed by atoms with Gasteiger partial charge in [0.2, 0.25) is 0 Å². The second kappa shape index (κ2) is 16.4. The minimum Gasteiger partial charge on any atom is -0.497 e. The van der Waals surface area contributed by atoms with Gasteiger partial charge in [-0.25, -0.2) is 4.98 Å². The van der Waals surface area contributed by atoms with Crippen molar-refractivity contribution in [3.63, 3.8) is 0 Å². The maximum Gasteiger partial charge on any atom is 0.135 e. The third kappa shape index (κ3) is 8.23. The Morgan fingerprint density at radius 1 is 0.565 bits per heavy atom. The Bertz CT molecular complexity index is 2910. The van der Waals surface area contributed by atoms with Crippen molar-refractivity contribution in [1.29, 1.82) is 0 Å². The minimum atomic E-state index is -0.164. The van der Waals surface area contributed by atoms with Gasteiger partial charge in [-0.1, -0.05) is 152 Å². The fourth-order valence-corrected chi connectivity index (χ4v) is 8.25. The van der Waals surface area contributed by atoms with Crippen molar-refractivity contribution in [1.82, 2.24) is 9.55 Å². The zero-order valence-electron chi connectivity index (χ0n) is 37.1. The van der Waals surface area contributed by atoms with Crippen molar-refractivity contribution >= 4 is 50.2 Å². The summed E-state index contributed by atoms with van der Waals surface area (Å²) in [5.41, 5.74) is 12.9. The average molecular weight is 992 g/mol. The molecule has 3 heterocycles. The normalized spacial score (nSPS) is 13.4. The van der Waals surface area contributed by atoms with Gasteiger partial charge in [0.05, 0.1) is 0 Å². The molecular weight excluding hydrogens is 938 g/mol. The van der Waals surface area contributed by atoms with Crippen LogP contribution in [0.1, 0.15) is 73.4 Å². The summed E-state index contributed by atoms with van der Waals surface area (Å²) in [6, 6.07) is 59.8. The molecule has 0 unspecified atom stereocenters. The topological polar surface area (TPSA) is 27.5 Å². The van der Waals surface area contributed by atoms with E-state index in [9.17, 15) is 0 Å². The quantitative estimate of drug-likeness (QED) is 0.149. The Morgan fingerprint density at radius 3 is 1.95 bits per heavy atom. The van der Waals surface area contributed by atoms with Crippen molar-refractivity contribution in [2.75, 3.05) is 14.7 Å². The predicted molar refractivity (Wildman–Crippen MR) is 257 cm³/mol. The second-order valence-corrected chi connectivity index (χ2v) is 19.2. The van der Waals surface area contributed by atoms with Gasteiger partial charge >= 0.3 is 0 Å². The first-order valence-electron chi connectivity index (χ1n) is 21.3. The maximum absolute atomic E-state index is 4.94. The van der Waals surface area contributed by atoms with Crippen molar-refractivity contribution in [3.05, 3.63) is 194 Å². The van der Waals surface area contributed by atoms with Crippen LogP contribution in [0.25, 0.3) is 38.8 Å². The van der Waals surface area contributed by atoms with E-state index in [-0.39, 0.29) is 37.3 Å². The summed E-state index contributed by atoms with van der Waals surface area (Å²) in [4.78, 5) is 11.8. The van der Waals surface area contributed by atoms with Crippen LogP contribution < -0.4 is 14.7 Å². The minimum absolute atomic E-state index is 0. The Hall–Kier alpha value is -5.90. The standard InChI is InChI=1S/C56H54N5.Pt/c1-54(2,3)41-29-30-57-53(34-41)61-50-26-17-16-25-48(50)49-28-27-46(36-51(49)61)60(43-21-14-11-15-22-43)45-24-18-23-44(35-45)59-38-58(37-52(59)56(7,8)9)47-32-40(39-19-12-10-13-20-39)31-42(33-47)55(4,5)6;/h10-34,37-38H,1-9H3;/q-3;. The van der Waals surface area contributed by atoms with Crippen LogP contribution >= 0.6 is 0 Å². The molecule has 0 saturated heterocycles. The predicted octanol–water partition coefficient (Wildman–Crippen LogP) is 14.8. The number of benzene rings is 6. The molecule has 0 radical (unpaired) electrons. The van der Waals surface area contributed by atoms with Gasteiger partial charge in [0.1, 0.15) is 5.82 Å². The Morgan fingerprint density at radius 2 is 1.24 bits per heavy atom. The molecule has 0 saturated carbocycles. The van der Waals surface area contributed by atoms with Crippen LogP contribution in [-0.2, 0) is 31.9 Å². The second-order valence-electron chi connectivity index (χ2n) is 19.2. The number of aromatic nitrogens is 2. The molecule has 62 heavy (non-hydrogen) atoms. The van der Waals surface area contributed by atoms with E-state index in [1.807, 2.05) is 6.20 Å². The van der Waals surface area contributed by atoms with E-state index in [2.05, 4.69) is 252 Å². The summed E-state index contributed by atoms with van der Waals surface area (Å²) >= 11 is 0. The number of rotatable bonds is 7. The molecule has 1 aliphatic heterocycles. The van der Waals surface area contributed by atoms with E-state index in [1.165, 1.54) is 33.3 Å². The molecular formula is C56H54N5Pt-3. The zero-order chi connectivity index (χ0) is 42.7. The number of fused-ring (bicyclic) bond motifs is 3. The van der Waals surface area contributed by atoms with E-state index >= 15 is 0 Å². The number of nitrogens with zero attached hydrogens (tertiary/aromatic N) is 5. The first kappa shape index (κ1) is 42.8. The van der Waals surface area contributed by atoms with Gasteiger partial charge in [-0.05, 0) is 87.1 Å². The van der Waals surface area contributed by atoms with Crippen LogP contribution in [0.3, 0.4) is 0 Å². The van der Waals surface area contributed by atoms with Crippen molar-refractivity contribution in [3.8, 4) is 16.9 Å². The Kier molecular flexibility index (Phi) is 11.3. The zero-order valence-corrected chi connectivity index (χ0v) is 39.4. The van der Waals surface area contributed by atoms with Gasteiger partial charge in [-0.3, -0.25) is 0 Å². The smallest absolute Gasteiger partial charge is 0.135 e. The van der Waals surface area contributed by atoms with Crippen molar-refractivity contribution < 1.29 is 21.1 Å². The third-order valence-corrected chi connectivity index (χ3v) is 11.6. The molecule has 0 N–H and O–H groups in total. The van der Waals surface area contributed by atoms with E-state index < -0.39 is 0 Å². The largest absolute Gasteiger partial charge is 0.497 e. The molecule has 0 aliphatic carbocycles. The van der Waals surface area contributed by atoms with Gasteiger partial charge in [-0.2, -0.15) is 12.1 Å². The number of pyridine rings is 1. The van der Waals surface area contributed by atoms with E-state index in [0.717, 1.165) is 50.7 Å². The number of para-hydroxylation sites is 2. The SMILES string of the molecule is CC(C)(C)C1=CN(c2cc(-c3ccccc3)cc(C(C)(C)C)c2)[CH-]N1c1[c-]c(N(c2[c-]c3c(cc2)c2ccccc2n3-c2cc(C(C)(C)C)ccn2)c2ccccc2)ccc1.[Pt].